The summed E-state index contributed by atoms with van der Waals surface area (Å²) < 4.78 is 0. The summed E-state index contributed by atoms with van der Waals surface area (Å²) in [6, 6.07) is 0. The van der Waals surface area contributed by atoms with Gasteiger partial charge in [-0.05, 0) is 36.7 Å². The van der Waals surface area contributed by atoms with E-state index in [1.54, 1.807) is 0 Å². The molecule has 2 rings (SSSR count). The number of hydrogen-bond acceptors (Lipinski definition) is 1. The van der Waals surface area contributed by atoms with Crippen molar-refractivity contribution in [3.8, 4) is 0 Å². The second-order valence-corrected chi connectivity index (χ2v) is 4.10. The summed E-state index contributed by atoms with van der Waals surface area (Å²) in [7, 11) is 0. The SMILES string of the molecule is CC(C)C1CCc2n[nH]cc2C1. The van der Waals surface area contributed by atoms with Crippen LogP contribution in [0.2, 0.25) is 0 Å². The Bertz CT molecular complexity index is 263. The summed E-state index contributed by atoms with van der Waals surface area (Å²) in [4.78, 5) is 0. The topological polar surface area (TPSA) is 28.7 Å². The van der Waals surface area contributed by atoms with Crippen LogP contribution in [0, 0.1) is 11.8 Å². The zero-order chi connectivity index (χ0) is 8.55. The Morgan fingerprint density at radius 1 is 1.58 bits per heavy atom. The van der Waals surface area contributed by atoms with E-state index in [0.717, 1.165) is 11.8 Å². The van der Waals surface area contributed by atoms with Gasteiger partial charge >= 0.3 is 0 Å². The predicted molar refractivity (Wildman–Crippen MR) is 48.9 cm³/mol. The molecule has 1 atom stereocenters. The molecular weight excluding hydrogens is 148 g/mol. The van der Waals surface area contributed by atoms with E-state index in [1.165, 1.54) is 30.5 Å². The number of nitrogens with zero attached hydrogens (tertiary/aromatic N) is 1. The number of H-pyrrole nitrogens is 1. The number of aromatic nitrogens is 2. The molecule has 0 radical (unpaired) electrons. The average Bonchev–Trinajstić information content (AvgIpc) is 2.49. The van der Waals surface area contributed by atoms with E-state index < -0.39 is 0 Å². The van der Waals surface area contributed by atoms with E-state index in [-0.39, 0.29) is 0 Å². The van der Waals surface area contributed by atoms with Gasteiger partial charge in [0, 0.05) is 6.20 Å². The van der Waals surface area contributed by atoms with Crippen molar-refractivity contribution in [2.45, 2.75) is 33.1 Å². The number of aromatic amines is 1. The molecule has 1 aromatic rings. The van der Waals surface area contributed by atoms with Crippen molar-refractivity contribution in [1.29, 1.82) is 0 Å². The van der Waals surface area contributed by atoms with Crippen LogP contribution in [-0.2, 0) is 12.8 Å². The first-order chi connectivity index (χ1) is 5.77. The van der Waals surface area contributed by atoms with E-state index in [1.807, 2.05) is 0 Å². The Morgan fingerprint density at radius 3 is 3.17 bits per heavy atom. The Balaban J connectivity index is 2.15. The van der Waals surface area contributed by atoms with E-state index in [0.29, 0.717) is 0 Å². The van der Waals surface area contributed by atoms with Crippen molar-refractivity contribution in [3.05, 3.63) is 17.5 Å². The molecule has 1 aliphatic carbocycles. The fourth-order valence-corrected chi connectivity index (χ4v) is 2.01. The lowest BCUT2D eigenvalue weighted by atomic mass is 9.81. The van der Waals surface area contributed by atoms with Crippen LogP contribution in [0.25, 0.3) is 0 Å². The van der Waals surface area contributed by atoms with E-state index >= 15 is 0 Å². The molecule has 1 N–H and O–H groups in total. The van der Waals surface area contributed by atoms with E-state index in [4.69, 9.17) is 0 Å². The van der Waals surface area contributed by atoms with Gasteiger partial charge in [-0.15, -0.1) is 0 Å². The standard InChI is InChI=1S/C10H16N2/c1-7(2)8-3-4-10-9(5-8)6-11-12-10/h6-8H,3-5H2,1-2H3,(H,11,12). The monoisotopic (exact) mass is 164 g/mol. The van der Waals surface area contributed by atoms with Crippen LogP contribution < -0.4 is 0 Å². The molecule has 0 aliphatic heterocycles. The van der Waals surface area contributed by atoms with Gasteiger partial charge in [-0.2, -0.15) is 5.10 Å². The third kappa shape index (κ3) is 1.26. The maximum absolute atomic E-state index is 4.23. The highest BCUT2D eigenvalue weighted by Crippen LogP contribution is 2.28. The minimum absolute atomic E-state index is 0.813. The number of aryl methyl sites for hydroxylation is 1. The Kier molecular flexibility index (Phi) is 1.91. The van der Waals surface area contributed by atoms with Crippen LogP contribution in [-0.4, -0.2) is 10.2 Å². The molecule has 0 bridgehead atoms. The summed E-state index contributed by atoms with van der Waals surface area (Å²) in [5.41, 5.74) is 2.74. The van der Waals surface area contributed by atoms with Gasteiger partial charge in [0.15, 0.2) is 0 Å². The van der Waals surface area contributed by atoms with Gasteiger partial charge in [0.2, 0.25) is 0 Å². The Labute approximate surface area is 73.4 Å². The van der Waals surface area contributed by atoms with Gasteiger partial charge < -0.3 is 0 Å². The van der Waals surface area contributed by atoms with E-state index in [9.17, 15) is 0 Å². The fourth-order valence-electron chi connectivity index (χ4n) is 2.01. The molecule has 0 amide bonds. The summed E-state index contributed by atoms with van der Waals surface area (Å²) in [6.45, 7) is 4.63. The first kappa shape index (κ1) is 7.84. The fraction of sp³-hybridized carbons (Fsp3) is 0.700. The van der Waals surface area contributed by atoms with Crippen molar-refractivity contribution < 1.29 is 0 Å². The van der Waals surface area contributed by atoms with Gasteiger partial charge in [-0.1, -0.05) is 13.8 Å². The lowest BCUT2D eigenvalue weighted by Crippen LogP contribution is -2.18. The quantitative estimate of drug-likeness (QED) is 0.677. The lowest BCUT2D eigenvalue weighted by Gasteiger charge is -2.24. The highest BCUT2D eigenvalue weighted by atomic mass is 15.1. The van der Waals surface area contributed by atoms with Gasteiger partial charge in [0.05, 0.1) is 5.69 Å². The summed E-state index contributed by atoms with van der Waals surface area (Å²) in [6.07, 6.45) is 5.77. The predicted octanol–water partition coefficient (Wildman–Crippen LogP) is 2.17. The van der Waals surface area contributed by atoms with Crippen LogP contribution in [0.3, 0.4) is 0 Å². The zero-order valence-electron chi connectivity index (χ0n) is 7.80. The van der Waals surface area contributed by atoms with Crippen molar-refractivity contribution in [2.75, 3.05) is 0 Å². The van der Waals surface area contributed by atoms with Crippen molar-refractivity contribution in [1.82, 2.24) is 10.2 Å². The molecule has 0 saturated carbocycles. The van der Waals surface area contributed by atoms with Crippen LogP contribution in [0.15, 0.2) is 6.20 Å². The molecule has 0 fully saturated rings. The zero-order valence-corrected chi connectivity index (χ0v) is 7.80. The number of fused-ring (bicyclic) bond motifs is 1. The number of rotatable bonds is 1. The number of nitrogens with one attached hydrogen (secondary N) is 1. The van der Waals surface area contributed by atoms with Gasteiger partial charge in [-0.25, -0.2) is 0 Å². The van der Waals surface area contributed by atoms with Crippen LogP contribution in [0.5, 0.6) is 0 Å². The normalized spacial score (nSPS) is 22.8. The molecule has 0 spiro atoms. The molecule has 2 heteroatoms. The highest BCUT2D eigenvalue weighted by molar-refractivity contribution is 5.20. The lowest BCUT2D eigenvalue weighted by molar-refractivity contribution is 0.342. The molecule has 1 unspecified atom stereocenters. The van der Waals surface area contributed by atoms with Gasteiger partial charge in [0.1, 0.15) is 0 Å². The largest absolute Gasteiger partial charge is 0.285 e. The van der Waals surface area contributed by atoms with Crippen molar-refractivity contribution >= 4 is 0 Å². The first-order valence-corrected chi connectivity index (χ1v) is 4.79. The second kappa shape index (κ2) is 2.92. The second-order valence-electron chi connectivity index (χ2n) is 4.10. The van der Waals surface area contributed by atoms with Crippen LogP contribution in [0.4, 0.5) is 0 Å². The molecular formula is C10H16N2. The minimum Gasteiger partial charge on any atom is -0.285 e. The molecule has 0 saturated heterocycles. The molecule has 1 aromatic heterocycles. The van der Waals surface area contributed by atoms with Gasteiger partial charge in [-0.3, -0.25) is 5.10 Å². The molecule has 1 aliphatic rings. The Morgan fingerprint density at radius 2 is 2.42 bits per heavy atom. The van der Waals surface area contributed by atoms with E-state index in [2.05, 4.69) is 30.2 Å². The van der Waals surface area contributed by atoms with Crippen molar-refractivity contribution in [2.24, 2.45) is 11.8 Å². The molecule has 12 heavy (non-hydrogen) atoms. The van der Waals surface area contributed by atoms with Crippen LogP contribution >= 0.6 is 0 Å². The molecule has 66 valence electrons. The highest BCUT2D eigenvalue weighted by Gasteiger charge is 2.22. The Hall–Kier alpha value is -0.790. The third-order valence-corrected chi connectivity index (χ3v) is 2.99. The maximum atomic E-state index is 4.23. The van der Waals surface area contributed by atoms with Gasteiger partial charge in [0.25, 0.3) is 0 Å². The van der Waals surface area contributed by atoms with Crippen LogP contribution in [0.1, 0.15) is 31.5 Å². The third-order valence-electron chi connectivity index (χ3n) is 2.99. The minimum atomic E-state index is 0.813. The summed E-state index contributed by atoms with van der Waals surface area (Å²) >= 11 is 0. The summed E-state index contributed by atoms with van der Waals surface area (Å²) in [5.74, 6) is 1.68. The maximum Gasteiger partial charge on any atom is 0.0654 e. The average molecular weight is 164 g/mol. The smallest absolute Gasteiger partial charge is 0.0654 e. The first-order valence-electron chi connectivity index (χ1n) is 4.79. The van der Waals surface area contributed by atoms with Crippen molar-refractivity contribution in [3.63, 3.8) is 0 Å². The summed E-state index contributed by atoms with van der Waals surface area (Å²) in [5, 5.41) is 7.18. The molecule has 0 aromatic carbocycles. The molecule has 1 heterocycles. The number of hydrogen-bond donors (Lipinski definition) is 1. The molecule has 2 nitrogen and oxygen atoms in total.